The molecule has 0 radical (unpaired) electrons. The van der Waals surface area contributed by atoms with Gasteiger partial charge in [0.05, 0.1) is 17.5 Å². The Labute approximate surface area is 287 Å². The second-order valence-electron chi connectivity index (χ2n) is 13.0. The average molecular weight is 651 g/mol. The molecule has 0 aromatic rings. The lowest BCUT2D eigenvalue weighted by atomic mass is 9.82. The Bertz CT molecular complexity index is 1180. The lowest BCUT2D eigenvalue weighted by Gasteiger charge is -2.30. The first kappa shape index (κ1) is 43.5. The lowest BCUT2D eigenvalue weighted by molar-refractivity contribution is -0.123. The molecule has 1 saturated heterocycles. The predicted molar refractivity (Wildman–Crippen MR) is 201 cm³/mol. The molecular weight excluding hydrogens is 584 g/mol. The van der Waals surface area contributed by atoms with Crippen LogP contribution in [0.1, 0.15) is 108 Å². The van der Waals surface area contributed by atoms with Crippen LogP contribution in [0.5, 0.6) is 0 Å². The number of rotatable bonds is 17. The molecule has 1 amide bonds. The largest absolute Gasteiger partial charge is 0.382 e. The molecule has 3 unspecified atom stereocenters. The van der Waals surface area contributed by atoms with Gasteiger partial charge in [0.1, 0.15) is 0 Å². The minimum atomic E-state index is -0.435. The molecule has 1 aliphatic heterocycles. The van der Waals surface area contributed by atoms with Crippen LogP contribution in [0.3, 0.4) is 0 Å². The highest BCUT2D eigenvalue weighted by Crippen LogP contribution is 2.30. The summed E-state index contributed by atoms with van der Waals surface area (Å²) >= 11 is 0. The number of hydrogen-bond donors (Lipinski definition) is 3. The monoisotopic (exact) mass is 651 g/mol. The van der Waals surface area contributed by atoms with Crippen molar-refractivity contribution < 1.29 is 14.4 Å². The van der Waals surface area contributed by atoms with Crippen LogP contribution in [0.25, 0.3) is 0 Å². The topological polar surface area (TPSA) is 99.7 Å². The molecule has 7 heteroatoms. The molecule has 0 bridgehead atoms. The molecule has 0 aromatic heterocycles. The molecule has 5 atom stereocenters. The van der Waals surface area contributed by atoms with E-state index in [0.29, 0.717) is 25.1 Å². The van der Waals surface area contributed by atoms with Crippen LogP contribution in [0, 0.1) is 23.7 Å². The fourth-order valence-electron chi connectivity index (χ4n) is 5.44. The summed E-state index contributed by atoms with van der Waals surface area (Å²) in [7, 11) is 1.72. The molecule has 2 rings (SSSR count). The predicted octanol–water partition coefficient (Wildman–Crippen LogP) is 8.23. The minimum Gasteiger partial charge on any atom is -0.382 e. The molecule has 1 fully saturated rings. The fraction of sp³-hybridized carbons (Fsp3) is 0.600. The molecule has 3 N–H and O–H groups in total. The van der Waals surface area contributed by atoms with E-state index in [-0.39, 0.29) is 47.2 Å². The quantitative estimate of drug-likeness (QED) is 0.109. The van der Waals surface area contributed by atoms with Gasteiger partial charge in [0.25, 0.3) is 0 Å². The van der Waals surface area contributed by atoms with Gasteiger partial charge in [-0.2, -0.15) is 0 Å². The van der Waals surface area contributed by atoms with Crippen molar-refractivity contribution >= 4 is 23.2 Å². The smallest absolute Gasteiger partial charge is 0.223 e. The van der Waals surface area contributed by atoms with E-state index in [1.54, 1.807) is 13.1 Å². The van der Waals surface area contributed by atoms with Crippen molar-refractivity contribution in [2.24, 2.45) is 28.7 Å². The van der Waals surface area contributed by atoms with Crippen LogP contribution in [0.2, 0.25) is 0 Å². The summed E-state index contributed by atoms with van der Waals surface area (Å²) < 4.78 is 0. The van der Waals surface area contributed by atoms with E-state index >= 15 is 0 Å². The summed E-state index contributed by atoms with van der Waals surface area (Å²) in [5.74, 6) is 0.124. The second kappa shape index (κ2) is 23.8. The van der Waals surface area contributed by atoms with Crippen LogP contribution in [0.4, 0.5) is 0 Å². The van der Waals surface area contributed by atoms with Gasteiger partial charge in [-0.3, -0.25) is 19.4 Å². The number of Topliss-reactive ketones (excluding diaryl/α,β-unsaturated/α-hetero) is 1. The highest BCUT2D eigenvalue weighted by molar-refractivity contribution is 6.08. The first-order valence-corrected chi connectivity index (χ1v) is 17.6. The van der Waals surface area contributed by atoms with Crippen LogP contribution < -0.4 is 16.0 Å². The standard InChI is InChI=1S/C35H52N4O3.C3H8.C2H6/c1-22(2)18-32(36-9)27(8)39-34(23(3)4)33(41)21-30(19-28-13-10-24(5)11-14-28)26(7)38-31(15-12-25(6)40)20-29-16-17-37-35(29)42;1-3-2;1-2/h10-13,15,18,23,28-31,34,38-39H,7-8,14,16-17,19-21H2,1-6,9H3,(H,37,42);3H2,1-2H3;1-2H3/b15-12+,36-32?;;/t28?,29-,30+,31?,34?;;/m0../s1. The van der Waals surface area contributed by atoms with Crippen LogP contribution >= 0.6 is 0 Å². The first-order valence-electron chi connectivity index (χ1n) is 17.6. The lowest BCUT2D eigenvalue weighted by Crippen LogP contribution is -2.43. The maximum Gasteiger partial charge on any atom is 0.223 e. The van der Waals surface area contributed by atoms with E-state index < -0.39 is 6.04 Å². The number of carbonyl (C=O) groups is 3. The summed E-state index contributed by atoms with van der Waals surface area (Å²) in [6, 6.07) is -0.683. The van der Waals surface area contributed by atoms with Gasteiger partial charge >= 0.3 is 0 Å². The molecule has 2 aliphatic rings. The SMILES string of the molecule is C=C(NC(C(=O)C[C@@H](CC1C=CC(C)=CC1)C(=C)NC(/C=C/C(C)=O)C[C@@H]1CCNC1=O)C(C)C)C(C=C(C)C)=NC.CC.CCC. The van der Waals surface area contributed by atoms with E-state index in [1.165, 1.54) is 18.9 Å². The summed E-state index contributed by atoms with van der Waals surface area (Å²) in [5.41, 5.74) is 4.44. The highest BCUT2D eigenvalue weighted by atomic mass is 16.2. The number of aliphatic imine (C=N–C) groups is 1. The zero-order chi connectivity index (χ0) is 36.1. The Hall–Kier alpha value is -3.48. The Morgan fingerprint density at radius 3 is 2.21 bits per heavy atom. The number of hydrogen-bond acceptors (Lipinski definition) is 6. The van der Waals surface area contributed by atoms with Crippen LogP contribution in [0.15, 0.2) is 77.1 Å². The molecular formula is C40H66N4O3. The normalized spacial score (nSPS) is 19.2. The van der Waals surface area contributed by atoms with Gasteiger partial charge in [0, 0.05) is 43.6 Å². The van der Waals surface area contributed by atoms with Gasteiger partial charge in [-0.1, -0.05) is 96.6 Å². The Morgan fingerprint density at radius 1 is 1.11 bits per heavy atom. The van der Waals surface area contributed by atoms with E-state index in [9.17, 15) is 14.4 Å². The summed E-state index contributed by atoms with van der Waals surface area (Å²) in [6.45, 7) is 29.2. The highest BCUT2D eigenvalue weighted by Gasteiger charge is 2.31. The third kappa shape index (κ3) is 17.3. The third-order valence-electron chi connectivity index (χ3n) is 7.86. The number of amides is 1. The van der Waals surface area contributed by atoms with Gasteiger partial charge in [0.15, 0.2) is 11.6 Å². The van der Waals surface area contributed by atoms with Crippen molar-refractivity contribution in [3.63, 3.8) is 0 Å². The summed E-state index contributed by atoms with van der Waals surface area (Å²) in [4.78, 5) is 42.3. The number of allylic oxidation sites excluding steroid dienone is 8. The maximum atomic E-state index is 13.9. The third-order valence-corrected chi connectivity index (χ3v) is 7.86. The average Bonchev–Trinajstić information content (AvgIpc) is 3.42. The molecule has 0 saturated carbocycles. The molecule has 264 valence electrons. The number of nitrogens with one attached hydrogen (secondary N) is 3. The van der Waals surface area contributed by atoms with Crippen molar-refractivity contribution in [2.45, 2.75) is 120 Å². The zero-order valence-corrected chi connectivity index (χ0v) is 31.5. The van der Waals surface area contributed by atoms with Gasteiger partial charge < -0.3 is 16.0 Å². The minimum absolute atomic E-state index is 0.0354. The zero-order valence-electron chi connectivity index (χ0n) is 31.5. The summed E-state index contributed by atoms with van der Waals surface area (Å²) in [5, 5.41) is 9.78. The van der Waals surface area contributed by atoms with Gasteiger partial charge in [-0.25, -0.2) is 0 Å². The van der Waals surface area contributed by atoms with Gasteiger partial charge in [0.2, 0.25) is 5.91 Å². The van der Waals surface area contributed by atoms with Crippen molar-refractivity contribution in [2.75, 3.05) is 13.6 Å². The van der Waals surface area contributed by atoms with Crippen molar-refractivity contribution in [3.8, 4) is 0 Å². The van der Waals surface area contributed by atoms with Gasteiger partial charge in [-0.15, -0.1) is 0 Å². The number of ketones is 2. The van der Waals surface area contributed by atoms with Crippen LogP contribution in [-0.4, -0.2) is 48.9 Å². The van der Waals surface area contributed by atoms with Gasteiger partial charge in [-0.05, 0) is 77.4 Å². The second-order valence-corrected chi connectivity index (χ2v) is 13.0. The van der Waals surface area contributed by atoms with E-state index in [4.69, 9.17) is 0 Å². The van der Waals surface area contributed by atoms with Crippen LogP contribution in [-0.2, 0) is 14.4 Å². The first-order chi connectivity index (χ1) is 22.2. The maximum absolute atomic E-state index is 13.9. The molecule has 0 aromatic carbocycles. The molecule has 1 aliphatic carbocycles. The van der Waals surface area contributed by atoms with Crippen molar-refractivity contribution in [3.05, 3.63) is 72.2 Å². The van der Waals surface area contributed by atoms with Crippen molar-refractivity contribution in [1.29, 1.82) is 0 Å². The van der Waals surface area contributed by atoms with E-state index in [1.807, 2.05) is 53.7 Å². The molecule has 1 heterocycles. The fourth-order valence-corrected chi connectivity index (χ4v) is 5.44. The van der Waals surface area contributed by atoms with E-state index in [2.05, 4.69) is 73.1 Å². The number of carbonyl (C=O) groups excluding carboxylic acids is 3. The summed E-state index contributed by atoms with van der Waals surface area (Å²) in [6.07, 6.45) is 16.5. The number of nitrogens with zero attached hydrogens (tertiary/aromatic N) is 1. The van der Waals surface area contributed by atoms with E-state index in [0.717, 1.165) is 36.2 Å². The Kier molecular flexibility index (Phi) is 22.0. The van der Waals surface area contributed by atoms with Crippen molar-refractivity contribution in [1.82, 2.24) is 16.0 Å². The Morgan fingerprint density at radius 2 is 1.74 bits per heavy atom. The molecule has 0 spiro atoms. The Balaban J connectivity index is 0.00000399. The molecule has 47 heavy (non-hydrogen) atoms. The molecule has 7 nitrogen and oxygen atoms in total.